The fraction of sp³-hybridized carbons (Fsp3) is 0.0625. The minimum Gasteiger partial charge on any atom is -0.504 e. The highest BCUT2D eigenvalue weighted by Crippen LogP contribution is 2.25. The summed E-state index contributed by atoms with van der Waals surface area (Å²) >= 11 is 5.18. The fourth-order valence-corrected chi connectivity index (χ4v) is 2.44. The first kappa shape index (κ1) is 15.1. The molecule has 0 aliphatic heterocycles. The number of H-pyrrole nitrogens is 1. The van der Waals surface area contributed by atoms with E-state index in [1.165, 1.54) is 18.3 Å². The van der Waals surface area contributed by atoms with E-state index in [4.69, 9.17) is 12.2 Å². The number of nitrogens with zero attached hydrogens (tertiary/aromatic N) is 1. The van der Waals surface area contributed by atoms with Crippen LogP contribution in [0.25, 0.3) is 10.9 Å². The molecule has 116 valence electrons. The molecule has 5 nitrogen and oxygen atoms in total. The zero-order chi connectivity index (χ0) is 16.4. The summed E-state index contributed by atoms with van der Waals surface area (Å²) in [4.78, 5) is 19.0. The number of carbonyl (C=O) groups is 1. The van der Waals surface area contributed by atoms with E-state index < -0.39 is 5.91 Å². The Morgan fingerprint density at radius 1 is 1.30 bits per heavy atom. The number of aromatic amines is 1. The maximum absolute atomic E-state index is 12.9. The van der Waals surface area contributed by atoms with Gasteiger partial charge in [0, 0.05) is 18.1 Å². The van der Waals surface area contributed by atoms with Crippen LogP contribution in [-0.4, -0.2) is 21.0 Å². The van der Waals surface area contributed by atoms with Gasteiger partial charge in [-0.3, -0.25) is 9.78 Å². The Bertz CT molecular complexity index is 938. The van der Waals surface area contributed by atoms with Gasteiger partial charge in [0.15, 0.2) is 5.75 Å². The quantitative estimate of drug-likeness (QED) is 0.645. The van der Waals surface area contributed by atoms with Crippen LogP contribution < -0.4 is 5.32 Å². The largest absolute Gasteiger partial charge is 0.504 e. The van der Waals surface area contributed by atoms with Crippen LogP contribution in [0.2, 0.25) is 0 Å². The molecule has 0 radical (unpaired) electrons. The number of fused-ring (bicyclic) bond motifs is 1. The lowest BCUT2D eigenvalue weighted by Crippen LogP contribution is -2.24. The molecule has 0 unspecified atom stereocenters. The lowest BCUT2D eigenvalue weighted by molar-refractivity contribution is 0.0943. The molecule has 23 heavy (non-hydrogen) atoms. The molecule has 7 heteroatoms. The molecule has 3 N–H and O–H groups in total. The van der Waals surface area contributed by atoms with Crippen LogP contribution in [0.3, 0.4) is 0 Å². The third-order valence-electron chi connectivity index (χ3n) is 3.35. The number of amides is 1. The zero-order valence-electron chi connectivity index (χ0n) is 11.8. The van der Waals surface area contributed by atoms with Crippen molar-refractivity contribution in [2.75, 3.05) is 0 Å². The van der Waals surface area contributed by atoms with E-state index in [9.17, 15) is 14.3 Å². The maximum atomic E-state index is 12.9. The zero-order valence-corrected chi connectivity index (χ0v) is 12.7. The Balaban J connectivity index is 1.87. The normalized spacial score (nSPS) is 10.7. The summed E-state index contributed by atoms with van der Waals surface area (Å²) in [6.45, 7) is 0.194. The van der Waals surface area contributed by atoms with E-state index in [1.807, 2.05) is 0 Å². The molecule has 0 fully saturated rings. The van der Waals surface area contributed by atoms with Gasteiger partial charge in [-0.1, -0.05) is 24.4 Å². The number of carbonyl (C=O) groups excluding carboxylic acids is 1. The average molecular weight is 329 g/mol. The van der Waals surface area contributed by atoms with Gasteiger partial charge in [-0.15, -0.1) is 0 Å². The summed E-state index contributed by atoms with van der Waals surface area (Å²) in [6, 6.07) is 9.17. The molecule has 2 heterocycles. The van der Waals surface area contributed by atoms with Gasteiger partial charge in [-0.05, 0) is 29.8 Å². The molecule has 0 spiro atoms. The van der Waals surface area contributed by atoms with E-state index in [1.54, 1.807) is 24.3 Å². The van der Waals surface area contributed by atoms with E-state index in [0.717, 1.165) is 5.56 Å². The second-order valence-electron chi connectivity index (χ2n) is 4.89. The van der Waals surface area contributed by atoms with Crippen LogP contribution >= 0.6 is 12.2 Å². The highest BCUT2D eigenvalue weighted by atomic mass is 32.1. The van der Waals surface area contributed by atoms with Gasteiger partial charge < -0.3 is 15.4 Å². The lowest BCUT2D eigenvalue weighted by atomic mass is 10.2. The topological polar surface area (TPSA) is 78.0 Å². The van der Waals surface area contributed by atoms with Crippen LogP contribution in [-0.2, 0) is 6.54 Å². The summed E-state index contributed by atoms with van der Waals surface area (Å²) in [5.74, 6) is -1.13. The molecular weight excluding hydrogens is 317 g/mol. The molecule has 0 aliphatic carbocycles. The van der Waals surface area contributed by atoms with E-state index >= 15 is 0 Å². The Hall–Kier alpha value is -2.80. The number of aromatic hydroxyl groups is 1. The molecule has 0 bridgehead atoms. The molecule has 1 aromatic carbocycles. The number of hydrogen-bond donors (Lipinski definition) is 3. The molecule has 0 atom stereocenters. The smallest absolute Gasteiger partial charge is 0.271 e. The molecule has 3 rings (SSSR count). The van der Waals surface area contributed by atoms with Gasteiger partial charge in [0.05, 0.1) is 0 Å². The molecule has 0 aliphatic rings. The van der Waals surface area contributed by atoms with Crippen LogP contribution in [0, 0.1) is 10.5 Å². The van der Waals surface area contributed by atoms with Gasteiger partial charge in [-0.25, -0.2) is 4.39 Å². The van der Waals surface area contributed by atoms with Crippen LogP contribution in [0.1, 0.15) is 16.1 Å². The van der Waals surface area contributed by atoms with Gasteiger partial charge in [0.25, 0.3) is 5.91 Å². The first-order valence-electron chi connectivity index (χ1n) is 6.79. The molecule has 3 aromatic rings. The Morgan fingerprint density at radius 3 is 2.78 bits per heavy atom. The summed E-state index contributed by atoms with van der Waals surface area (Å²) in [5.41, 5.74) is 0.947. The number of nitrogens with one attached hydrogen (secondary N) is 2. The van der Waals surface area contributed by atoms with E-state index in [0.29, 0.717) is 10.0 Å². The minimum absolute atomic E-state index is 0.0525. The predicted octanol–water partition coefficient (Wildman–Crippen LogP) is 3.07. The van der Waals surface area contributed by atoms with Crippen molar-refractivity contribution in [3.05, 3.63) is 64.3 Å². The van der Waals surface area contributed by atoms with Crippen LogP contribution in [0.15, 0.2) is 42.6 Å². The molecule has 1 amide bonds. The van der Waals surface area contributed by atoms with Crippen LogP contribution in [0.5, 0.6) is 5.75 Å². The number of hydrogen-bond acceptors (Lipinski definition) is 4. The Labute approximate surface area is 135 Å². The van der Waals surface area contributed by atoms with Gasteiger partial charge in [0.1, 0.15) is 21.7 Å². The first-order chi connectivity index (χ1) is 11.1. The van der Waals surface area contributed by atoms with Gasteiger partial charge in [0.2, 0.25) is 0 Å². The molecule has 0 saturated carbocycles. The lowest BCUT2D eigenvalue weighted by Gasteiger charge is -2.09. The minimum atomic E-state index is -0.523. The van der Waals surface area contributed by atoms with Gasteiger partial charge in [-0.2, -0.15) is 0 Å². The first-order valence-corrected chi connectivity index (χ1v) is 7.19. The maximum Gasteiger partial charge on any atom is 0.271 e. The summed E-state index contributed by atoms with van der Waals surface area (Å²) < 4.78 is 13.2. The van der Waals surface area contributed by atoms with Crippen molar-refractivity contribution in [1.29, 1.82) is 0 Å². The monoisotopic (exact) mass is 329 g/mol. The van der Waals surface area contributed by atoms with Crippen molar-refractivity contribution in [2.45, 2.75) is 6.54 Å². The summed E-state index contributed by atoms with van der Waals surface area (Å²) in [6.07, 6.45) is 1.51. The van der Waals surface area contributed by atoms with Crippen molar-refractivity contribution in [2.24, 2.45) is 0 Å². The second-order valence-corrected chi connectivity index (χ2v) is 5.29. The highest BCUT2D eigenvalue weighted by molar-refractivity contribution is 7.71. The number of rotatable bonds is 3. The SMILES string of the molecule is O=C(NCc1ccc(F)cc1)c1[nH]c(=S)c2cccnc2c1O. The Morgan fingerprint density at radius 2 is 2.04 bits per heavy atom. The third kappa shape index (κ3) is 3.04. The number of benzene rings is 1. The average Bonchev–Trinajstić information content (AvgIpc) is 2.57. The highest BCUT2D eigenvalue weighted by Gasteiger charge is 2.16. The Kier molecular flexibility index (Phi) is 4.03. The number of aromatic nitrogens is 2. The molecule has 0 saturated heterocycles. The molecule has 2 aromatic heterocycles. The van der Waals surface area contributed by atoms with Crippen molar-refractivity contribution >= 4 is 29.0 Å². The second kappa shape index (κ2) is 6.13. The van der Waals surface area contributed by atoms with Crippen molar-refractivity contribution in [3.63, 3.8) is 0 Å². The van der Waals surface area contributed by atoms with Crippen molar-refractivity contribution in [1.82, 2.24) is 15.3 Å². The van der Waals surface area contributed by atoms with Gasteiger partial charge >= 0.3 is 0 Å². The van der Waals surface area contributed by atoms with E-state index in [-0.39, 0.29) is 29.3 Å². The number of pyridine rings is 2. The van der Waals surface area contributed by atoms with Crippen LogP contribution in [0.4, 0.5) is 4.39 Å². The summed E-state index contributed by atoms with van der Waals surface area (Å²) in [5, 5.41) is 13.4. The fourth-order valence-electron chi connectivity index (χ4n) is 2.17. The summed E-state index contributed by atoms with van der Waals surface area (Å²) in [7, 11) is 0. The third-order valence-corrected chi connectivity index (χ3v) is 3.67. The standard InChI is InChI=1S/C16H12FN3O2S/c17-10-5-3-9(4-6-10)8-19-15(22)13-14(21)12-11(16(23)20-13)2-1-7-18-12/h1-7,21H,8H2,(H,19,22)(H,20,23). The van der Waals surface area contributed by atoms with Crippen molar-refractivity contribution < 1.29 is 14.3 Å². The molecular formula is C16H12FN3O2S. The van der Waals surface area contributed by atoms with E-state index in [2.05, 4.69) is 15.3 Å². The predicted molar refractivity (Wildman–Crippen MR) is 86.2 cm³/mol. The number of halogens is 1. The van der Waals surface area contributed by atoms with Crippen molar-refractivity contribution in [3.8, 4) is 5.75 Å².